The van der Waals surface area contributed by atoms with Gasteiger partial charge in [0.25, 0.3) is 11.8 Å². The van der Waals surface area contributed by atoms with Crippen LogP contribution in [0.3, 0.4) is 0 Å². The van der Waals surface area contributed by atoms with E-state index < -0.39 is 5.91 Å². The lowest BCUT2D eigenvalue weighted by Gasteiger charge is -2.18. The number of furan rings is 1. The van der Waals surface area contributed by atoms with Crippen molar-refractivity contribution in [2.24, 2.45) is 0 Å². The van der Waals surface area contributed by atoms with Crippen molar-refractivity contribution >= 4 is 23.2 Å². The minimum Gasteiger partial charge on any atom is -0.493 e. The normalized spacial score (nSPS) is 10.3. The topological polar surface area (TPSA) is 108 Å². The molecule has 0 bridgehead atoms. The monoisotopic (exact) mass is 454 g/mol. The lowest BCUT2D eigenvalue weighted by Crippen LogP contribution is -2.15. The Balaban J connectivity index is 1.92. The van der Waals surface area contributed by atoms with Crippen LogP contribution in [0.15, 0.2) is 53.1 Å². The first-order valence-corrected chi connectivity index (χ1v) is 10.3. The maximum absolute atomic E-state index is 12.9. The van der Waals surface area contributed by atoms with Crippen molar-refractivity contribution in [2.45, 2.75) is 13.8 Å². The molecule has 3 aromatic rings. The van der Waals surface area contributed by atoms with Crippen molar-refractivity contribution < 1.29 is 33.0 Å². The highest BCUT2D eigenvalue weighted by Crippen LogP contribution is 2.38. The molecule has 0 radical (unpaired) electrons. The molecule has 2 aromatic carbocycles. The van der Waals surface area contributed by atoms with Gasteiger partial charge in [-0.1, -0.05) is 0 Å². The summed E-state index contributed by atoms with van der Waals surface area (Å²) < 4.78 is 27.0. The molecule has 0 aliphatic carbocycles. The Kier molecular flexibility index (Phi) is 7.80. The summed E-state index contributed by atoms with van der Waals surface area (Å²) in [5.74, 6) is 1.01. The zero-order valence-electron chi connectivity index (χ0n) is 18.9. The first-order chi connectivity index (χ1) is 16.0. The highest BCUT2D eigenvalue weighted by Gasteiger charge is 2.19. The van der Waals surface area contributed by atoms with Gasteiger partial charge in [-0.25, -0.2) is 0 Å². The maximum Gasteiger partial charge on any atom is 0.291 e. The number of hydrogen-bond donors (Lipinski definition) is 2. The first kappa shape index (κ1) is 23.5. The summed E-state index contributed by atoms with van der Waals surface area (Å²) in [7, 11) is 3.02. The molecule has 3 rings (SSSR count). The summed E-state index contributed by atoms with van der Waals surface area (Å²) >= 11 is 0. The number of carbonyl (C=O) groups excluding carboxylic acids is 2. The van der Waals surface area contributed by atoms with Crippen LogP contribution in [0.4, 0.5) is 11.4 Å². The number of hydrogen-bond acceptors (Lipinski definition) is 7. The van der Waals surface area contributed by atoms with Crippen LogP contribution < -0.4 is 29.6 Å². The molecule has 9 nitrogen and oxygen atoms in total. The van der Waals surface area contributed by atoms with E-state index >= 15 is 0 Å². The van der Waals surface area contributed by atoms with Crippen molar-refractivity contribution in [3.8, 4) is 23.0 Å². The lowest BCUT2D eigenvalue weighted by atomic mass is 10.1. The summed E-state index contributed by atoms with van der Waals surface area (Å²) in [4.78, 5) is 25.4. The Labute approximate surface area is 191 Å². The summed E-state index contributed by atoms with van der Waals surface area (Å²) in [6.07, 6.45) is 1.41. The summed E-state index contributed by atoms with van der Waals surface area (Å²) in [5, 5.41) is 5.59. The Morgan fingerprint density at radius 3 is 1.91 bits per heavy atom. The molecule has 0 aliphatic rings. The number of ether oxygens (including phenoxy) is 4. The molecule has 2 amide bonds. The molecule has 0 saturated carbocycles. The van der Waals surface area contributed by atoms with E-state index in [1.54, 1.807) is 42.5 Å². The second-order valence-electron chi connectivity index (χ2n) is 6.67. The predicted octanol–water partition coefficient (Wildman–Crippen LogP) is 4.60. The summed E-state index contributed by atoms with van der Waals surface area (Å²) in [6, 6.07) is 11.2. The van der Waals surface area contributed by atoms with Crippen molar-refractivity contribution in [2.75, 3.05) is 38.1 Å². The zero-order valence-corrected chi connectivity index (χ0v) is 18.9. The van der Waals surface area contributed by atoms with Gasteiger partial charge in [-0.15, -0.1) is 0 Å². The quantitative estimate of drug-likeness (QED) is 0.461. The third-order valence-electron chi connectivity index (χ3n) is 4.57. The fraction of sp³-hybridized carbons (Fsp3) is 0.250. The van der Waals surface area contributed by atoms with E-state index in [4.69, 9.17) is 23.4 Å². The Bertz CT molecular complexity index is 1110. The third-order valence-corrected chi connectivity index (χ3v) is 4.57. The van der Waals surface area contributed by atoms with Crippen molar-refractivity contribution in [1.82, 2.24) is 0 Å². The summed E-state index contributed by atoms with van der Waals surface area (Å²) in [6.45, 7) is 4.33. The average molecular weight is 454 g/mol. The molecule has 9 heteroatoms. The molecule has 33 heavy (non-hydrogen) atoms. The number of anilines is 2. The van der Waals surface area contributed by atoms with Crippen LogP contribution in [-0.2, 0) is 0 Å². The molecular formula is C24H26N2O7. The Morgan fingerprint density at radius 1 is 0.788 bits per heavy atom. The van der Waals surface area contributed by atoms with Crippen LogP contribution in [0.5, 0.6) is 23.0 Å². The van der Waals surface area contributed by atoms with Gasteiger partial charge in [0.05, 0.1) is 45.1 Å². The second-order valence-corrected chi connectivity index (χ2v) is 6.67. The second kappa shape index (κ2) is 10.9. The van der Waals surface area contributed by atoms with Gasteiger partial charge in [-0.2, -0.15) is 0 Å². The third kappa shape index (κ3) is 5.57. The zero-order chi connectivity index (χ0) is 23.8. The van der Waals surface area contributed by atoms with E-state index in [0.717, 1.165) is 0 Å². The molecule has 0 unspecified atom stereocenters. The van der Waals surface area contributed by atoms with Gasteiger partial charge in [0.15, 0.2) is 17.3 Å². The standard InChI is InChI=1S/C24H26N2O7/c1-5-31-20-14-17(26-24(28)19-8-7-11-33-19)21(32-6-2)13-16(20)25-23(27)15-9-10-18(29-3)22(12-15)30-4/h7-14H,5-6H2,1-4H3,(H,25,27)(H,26,28). The highest BCUT2D eigenvalue weighted by molar-refractivity contribution is 6.07. The van der Waals surface area contributed by atoms with Crippen LogP contribution in [-0.4, -0.2) is 39.2 Å². The van der Waals surface area contributed by atoms with Crippen LogP contribution in [0.2, 0.25) is 0 Å². The number of benzene rings is 2. The number of rotatable bonds is 10. The van der Waals surface area contributed by atoms with Gasteiger partial charge in [0.1, 0.15) is 11.5 Å². The molecular weight excluding hydrogens is 428 g/mol. The van der Waals surface area contributed by atoms with Gasteiger partial charge in [-0.05, 0) is 44.2 Å². The molecule has 1 aromatic heterocycles. The molecule has 0 aliphatic heterocycles. The maximum atomic E-state index is 12.9. The molecule has 0 atom stereocenters. The Morgan fingerprint density at radius 2 is 1.39 bits per heavy atom. The smallest absolute Gasteiger partial charge is 0.291 e. The molecule has 0 saturated heterocycles. The number of carbonyl (C=O) groups is 2. The largest absolute Gasteiger partial charge is 0.493 e. The van der Waals surface area contributed by atoms with E-state index in [1.807, 2.05) is 13.8 Å². The molecule has 0 spiro atoms. The van der Waals surface area contributed by atoms with Gasteiger partial charge < -0.3 is 34.0 Å². The molecule has 0 fully saturated rings. The van der Waals surface area contributed by atoms with Crippen molar-refractivity contribution in [3.05, 3.63) is 60.1 Å². The number of methoxy groups -OCH3 is 2. The molecule has 1 heterocycles. The van der Waals surface area contributed by atoms with E-state index in [1.165, 1.54) is 20.5 Å². The van der Waals surface area contributed by atoms with E-state index in [2.05, 4.69) is 10.6 Å². The molecule has 2 N–H and O–H groups in total. The predicted molar refractivity (Wildman–Crippen MR) is 123 cm³/mol. The van der Waals surface area contributed by atoms with E-state index in [-0.39, 0.29) is 11.7 Å². The average Bonchev–Trinajstić information content (AvgIpc) is 3.36. The minimum atomic E-state index is -0.439. The number of amides is 2. The van der Waals surface area contributed by atoms with E-state index in [9.17, 15) is 9.59 Å². The lowest BCUT2D eigenvalue weighted by molar-refractivity contribution is 0.0993. The van der Waals surface area contributed by atoms with Gasteiger partial charge in [0, 0.05) is 17.7 Å². The van der Waals surface area contributed by atoms with Gasteiger partial charge in [-0.3, -0.25) is 9.59 Å². The van der Waals surface area contributed by atoms with Crippen molar-refractivity contribution in [3.63, 3.8) is 0 Å². The molecule has 174 valence electrons. The first-order valence-electron chi connectivity index (χ1n) is 10.3. The highest BCUT2D eigenvalue weighted by atomic mass is 16.5. The minimum absolute atomic E-state index is 0.154. The van der Waals surface area contributed by atoms with E-state index in [0.29, 0.717) is 53.2 Å². The van der Waals surface area contributed by atoms with Crippen LogP contribution in [0.25, 0.3) is 0 Å². The van der Waals surface area contributed by atoms with Crippen LogP contribution in [0.1, 0.15) is 34.8 Å². The fourth-order valence-electron chi connectivity index (χ4n) is 3.07. The van der Waals surface area contributed by atoms with Crippen LogP contribution >= 0.6 is 0 Å². The van der Waals surface area contributed by atoms with Gasteiger partial charge in [0.2, 0.25) is 0 Å². The SMILES string of the molecule is CCOc1cc(NC(=O)c2ccco2)c(OCC)cc1NC(=O)c1ccc(OC)c(OC)c1. The van der Waals surface area contributed by atoms with Crippen molar-refractivity contribution in [1.29, 1.82) is 0 Å². The van der Waals surface area contributed by atoms with Crippen LogP contribution in [0, 0.1) is 0 Å². The number of nitrogens with one attached hydrogen (secondary N) is 2. The summed E-state index contributed by atoms with van der Waals surface area (Å²) in [5.41, 5.74) is 1.13. The Hall–Kier alpha value is -4.14. The van der Waals surface area contributed by atoms with Gasteiger partial charge >= 0.3 is 0 Å². The fourth-order valence-corrected chi connectivity index (χ4v) is 3.07.